The van der Waals surface area contributed by atoms with E-state index in [4.69, 9.17) is 4.74 Å². The molecule has 3 rings (SSSR count). The van der Waals surface area contributed by atoms with Crippen LogP contribution in [0.5, 0.6) is 5.75 Å². The van der Waals surface area contributed by atoms with Crippen LogP contribution in [0, 0.1) is 11.8 Å². The van der Waals surface area contributed by atoms with Crippen molar-refractivity contribution < 1.29 is 4.74 Å². The van der Waals surface area contributed by atoms with Crippen LogP contribution in [-0.4, -0.2) is 16.8 Å². The molecule has 1 saturated carbocycles. The van der Waals surface area contributed by atoms with Gasteiger partial charge in [0.25, 0.3) is 0 Å². The summed E-state index contributed by atoms with van der Waals surface area (Å²) in [6.07, 6.45) is 15.6. The Balaban J connectivity index is 1.41. The lowest BCUT2D eigenvalue weighted by Crippen LogP contribution is -2.14. The second-order valence-electron chi connectivity index (χ2n) is 9.03. The highest BCUT2D eigenvalue weighted by Gasteiger charge is 2.19. The molecule has 3 nitrogen and oxygen atoms in total. The van der Waals surface area contributed by atoms with Gasteiger partial charge < -0.3 is 4.74 Å². The summed E-state index contributed by atoms with van der Waals surface area (Å²) in [6, 6.07) is 12.5. The SMILES string of the molecule is CCCCCCCOc1ccc(-c2ccc(CCC3CCC(CC)CC3)nn2)cc1. The minimum atomic E-state index is 0.803. The first-order valence-corrected chi connectivity index (χ1v) is 12.3. The Morgan fingerprint density at radius 3 is 2.20 bits per heavy atom. The molecule has 0 spiro atoms. The van der Waals surface area contributed by atoms with Gasteiger partial charge in [-0.25, -0.2) is 0 Å². The summed E-state index contributed by atoms with van der Waals surface area (Å²) < 4.78 is 5.86. The van der Waals surface area contributed by atoms with Gasteiger partial charge in [-0.1, -0.05) is 71.6 Å². The maximum absolute atomic E-state index is 5.86. The van der Waals surface area contributed by atoms with E-state index in [1.54, 1.807) is 0 Å². The van der Waals surface area contributed by atoms with Crippen molar-refractivity contribution in [2.24, 2.45) is 11.8 Å². The Hall–Kier alpha value is -1.90. The summed E-state index contributed by atoms with van der Waals surface area (Å²) in [5.74, 6) is 2.80. The fourth-order valence-electron chi connectivity index (χ4n) is 4.55. The molecule has 0 amide bonds. The number of ether oxygens (including phenoxy) is 1. The van der Waals surface area contributed by atoms with Crippen molar-refractivity contribution in [3.05, 3.63) is 42.1 Å². The Labute approximate surface area is 183 Å². The topological polar surface area (TPSA) is 35.0 Å². The maximum Gasteiger partial charge on any atom is 0.119 e. The van der Waals surface area contributed by atoms with Crippen molar-refractivity contribution in [1.29, 1.82) is 0 Å². The molecule has 0 radical (unpaired) electrons. The zero-order valence-corrected chi connectivity index (χ0v) is 19.1. The molecule has 1 aliphatic carbocycles. The van der Waals surface area contributed by atoms with E-state index in [9.17, 15) is 0 Å². The minimum Gasteiger partial charge on any atom is -0.494 e. The number of rotatable bonds is 12. The Bertz CT molecular complexity index is 703. The Kier molecular flexibility index (Phi) is 9.66. The number of benzene rings is 1. The van der Waals surface area contributed by atoms with Gasteiger partial charge >= 0.3 is 0 Å². The van der Waals surface area contributed by atoms with Gasteiger partial charge in [-0.2, -0.15) is 10.2 Å². The van der Waals surface area contributed by atoms with E-state index in [-0.39, 0.29) is 0 Å². The van der Waals surface area contributed by atoms with E-state index in [1.165, 1.54) is 64.2 Å². The summed E-state index contributed by atoms with van der Waals surface area (Å²) in [5, 5.41) is 8.98. The molecule has 1 heterocycles. The summed E-state index contributed by atoms with van der Waals surface area (Å²) in [4.78, 5) is 0. The largest absolute Gasteiger partial charge is 0.494 e. The number of hydrogen-bond acceptors (Lipinski definition) is 3. The fourth-order valence-corrected chi connectivity index (χ4v) is 4.55. The molecule has 0 N–H and O–H groups in total. The van der Waals surface area contributed by atoms with Crippen molar-refractivity contribution >= 4 is 0 Å². The number of aromatic nitrogens is 2. The van der Waals surface area contributed by atoms with E-state index in [0.29, 0.717) is 0 Å². The van der Waals surface area contributed by atoms with Crippen LogP contribution in [0.15, 0.2) is 36.4 Å². The molecule has 1 fully saturated rings. The van der Waals surface area contributed by atoms with Gasteiger partial charge in [0.15, 0.2) is 0 Å². The molecule has 1 aromatic carbocycles. The number of unbranched alkanes of at least 4 members (excludes halogenated alkanes) is 4. The summed E-state index contributed by atoms with van der Waals surface area (Å²) in [6.45, 7) is 5.38. The normalized spacial score (nSPS) is 19.0. The molecule has 1 aromatic heterocycles. The molecule has 0 atom stereocenters. The van der Waals surface area contributed by atoms with Crippen molar-refractivity contribution in [3.63, 3.8) is 0 Å². The van der Waals surface area contributed by atoms with Crippen molar-refractivity contribution in [1.82, 2.24) is 10.2 Å². The third kappa shape index (κ3) is 7.41. The van der Waals surface area contributed by atoms with Gasteiger partial charge in [0, 0.05) is 5.56 Å². The van der Waals surface area contributed by atoms with Gasteiger partial charge in [-0.3, -0.25) is 0 Å². The molecule has 2 aromatic rings. The van der Waals surface area contributed by atoms with E-state index < -0.39 is 0 Å². The monoisotopic (exact) mass is 408 g/mol. The first-order valence-electron chi connectivity index (χ1n) is 12.3. The van der Waals surface area contributed by atoms with Crippen LogP contribution < -0.4 is 4.74 Å². The van der Waals surface area contributed by atoms with Crippen LogP contribution in [0.4, 0.5) is 0 Å². The van der Waals surface area contributed by atoms with Gasteiger partial charge in [-0.15, -0.1) is 0 Å². The van der Waals surface area contributed by atoms with Crippen LogP contribution >= 0.6 is 0 Å². The van der Waals surface area contributed by atoms with Crippen molar-refractivity contribution in [3.8, 4) is 17.0 Å². The molecule has 0 aliphatic heterocycles. The molecule has 0 bridgehead atoms. The zero-order valence-electron chi connectivity index (χ0n) is 19.1. The second kappa shape index (κ2) is 12.7. The summed E-state index contributed by atoms with van der Waals surface area (Å²) in [7, 11) is 0. The predicted octanol–water partition coefficient (Wildman–Crippen LogP) is 7.64. The molecular weight excluding hydrogens is 368 g/mol. The fraction of sp³-hybridized carbons (Fsp3) is 0.630. The molecular formula is C27H40N2O. The quantitative estimate of drug-likeness (QED) is 0.338. The zero-order chi connectivity index (χ0) is 21.0. The lowest BCUT2D eigenvalue weighted by atomic mass is 9.79. The molecule has 30 heavy (non-hydrogen) atoms. The first kappa shape index (κ1) is 22.8. The highest BCUT2D eigenvalue weighted by Crippen LogP contribution is 2.33. The lowest BCUT2D eigenvalue weighted by Gasteiger charge is -2.27. The molecule has 3 heteroatoms. The third-order valence-corrected chi connectivity index (χ3v) is 6.74. The van der Waals surface area contributed by atoms with Crippen LogP contribution in [0.2, 0.25) is 0 Å². The summed E-state index contributed by atoms with van der Waals surface area (Å²) >= 11 is 0. The first-order chi connectivity index (χ1) is 14.8. The van der Waals surface area contributed by atoms with Gasteiger partial charge in [0.2, 0.25) is 0 Å². The van der Waals surface area contributed by atoms with Crippen molar-refractivity contribution in [2.45, 2.75) is 90.9 Å². The highest BCUT2D eigenvalue weighted by molar-refractivity contribution is 5.59. The highest BCUT2D eigenvalue weighted by atomic mass is 16.5. The maximum atomic E-state index is 5.86. The average molecular weight is 409 g/mol. The van der Waals surface area contributed by atoms with E-state index in [2.05, 4.69) is 48.3 Å². The Morgan fingerprint density at radius 2 is 1.53 bits per heavy atom. The van der Waals surface area contributed by atoms with E-state index in [0.717, 1.165) is 54.0 Å². The standard InChI is InChI=1S/C27H40N2O/c1-3-5-6-7-8-21-30-26-18-14-24(15-19-26)27-20-17-25(28-29-27)16-13-23-11-9-22(4-2)10-12-23/h14-15,17-20,22-23H,3-13,16,21H2,1-2H3. The number of aryl methyl sites for hydroxylation is 1. The van der Waals surface area contributed by atoms with E-state index >= 15 is 0 Å². The van der Waals surface area contributed by atoms with Crippen molar-refractivity contribution in [2.75, 3.05) is 6.61 Å². The predicted molar refractivity (Wildman–Crippen MR) is 126 cm³/mol. The van der Waals surface area contributed by atoms with Crippen LogP contribution in [0.3, 0.4) is 0 Å². The molecule has 0 unspecified atom stereocenters. The molecule has 164 valence electrons. The molecule has 0 saturated heterocycles. The minimum absolute atomic E-state index is 0.803. The number of nitrogens with zero attached hydrogens (tertiary/aromatic N) is 2. The molecule has 1 aliphatic rings. The average Bonchev–Trinajstić information content (AvgIpc) is 2.81. The third-order valence-electron chi connectivity index (χ3n) is 6.74. The van der Waals surface area contributed by atoms with Gasteiger partial charge in [-0.05, 0) is 67.5 Å². The van der Waals surface area contributed by atoms with Gasteiger partial charge in [0.1, 0.15) is 5.75 Å². The second-order valence-corrected chi connectivity index (χ2v) is 9.03. The van der Waals surface area contributed by atoms with E-state index in [1.807, 2.05) is 12.1 Å². The lowest BCUT2D eigenvalue weighted by molar-refractivity contribution is 0.258. The van der Waals surface area contributed by atoms with Crippen LogP contribution in [0.1, 0.15) is 90.2 Å². The van der Waals surface area contributed by atoms with Gasteiger partial charge in [0.05, 0.1) is 18.0 Å². The van der Waals surface area contributed by atoms with Crippen LogP contribution in [-0.2, 0) is 6.42 Å². The summed E-state index contributed by atoms with van der Waals surface area (Å²) in [5.41, 5.74) is 3.16. The van der Waals surface area contributed by atoms with Crippen LogP contribution in [0.25, 0.3) is 11.3 Å². The Morgan fingerprint density at radius 1 is 0.800 bits per heavy atom. The number of hydrogen-bond donors (Lipinski definition) is 0. The smallest absolute Gasteiger partial charge is 0.119 e.